The average molecular weight is 539 g/mol. The lowest BCUT2D eigenvalue weighted by molar-refractivity contribution is 0.998. The van der Waals surface area contributed by atoms with Crippen molar-refractivity contribution in [2.75, 3.05) is 9.80 Å². The summed E-state index contributed by atoms with van der Waals surface area (Å²) in [6.07, 6.45) is 9.06. The van der Waals surface area contributed by atoms with Crippen molar-refractivity contribution in [3.8, 4) is 0 Å². The fourth-order valence-electron chi connectivity index (χ4n) is 6.51. The summed E-state index contributed by atoms with van der Waals surface area (Å²) in [4.78, 5) is 4.80. The van der Waals surface area contributed by atoms with E-state index in [9.17, 15) is 0 Å². The van der Waals surface area contributed by atoms with Crippen LogP contribution in [0.5, 0.6) is 0 Å². The highest BCUT2D eigenvalue weighted by atomic mass is 15.2. The Hall–Kier alpha value is -5.34. The van der Waals surface area contributed by atoms with Crippen LogP contribution >= 0.6 is 0 Å². The standard InChI is InChI=1S/C40H30N2/c1-5-13-31(14-6-1)41(32-15-7-2-8-16-32)37-27-23-29-22-26-36-38(28-24-30-21-25-35(37)39(29)40(30)36)42(33-17-9-3-10-18-33)34-19-11-4-12-20-34/h1-3,5-11,13-28H,4,12H2. The zero-order chi connectivity index (χ0) is 27.9. The summed E-state index contributed by atoms with van der Waals surface area (Å²) in [5.74, 6) is 0. The van der Waals surface area contributed by atoms with Gasteiger partial charge in [0.15, 0.2) is 0 Å². The van der Waals surface area contributed by atoms with Gasteiger partial charge in [0.1, 0.15) is 0 Å². The molecule has 0 fully saturated rings. The van der Waals surface area contributed by atoms with Gasteiger partial charge in [-0.2, -0.15) is 0 Å². The Morgan fingerprint density at radius 1 is 0.405 bits per heavy atom. The van der Waals surface area contributed by atoms with E-state index in [1.807, 2.05) is 0 Å². The van der Waals surface area contributed by atoms with Crippen LogP contribution in [0.2, 0.25) is 0 Å². The third-order valence-corrected chi connectivity index (χ3v) is 8.38. The molecule has 0 amide bonds. The van der Waals surface area contributed by atoms with E-state index in [0.717, 1.165) is 24.2 Å². The van der Waals surface area contributed by atoms with Crippen LogP contribution in [0.3, 0.4) is 0 Å². The average Bonchev–Trinajstić information content (AvgIpc) is 3.07. The summed E-state index contributed by atoms with van der Waals surface area (Å²) < 4.78 is 0. The molecule has 42 heavy (non-hydrogen) atoms. The molecule has 7 aromatic rings. The van der Waals surface area contributed by atoms with Crippen molar-refractivity contribution in [3.63, 3.8) is 0 Å². The smallest absolute Gasteiger partial charge is 0.0540 e. The van der Waals surface area contributed by atoms with E-state index in [1.165, 1.54) is 55.1 Å². The van der Waals surface area contributed by atoms with Crippen molar-refractivity contribution >= 4 is 60.8 Å². The predicted molar refractivity (Wildman–Crippen MR) is 180 cm³/mol. The molecule has 0 saturated carbocycles. The first-order valence-electron chi connectivity index (χ1n) is 14.7. The Labute approximate surface area is 246 Å². The highest BCUT2D eigenvalue weighted by molar-refractivity contribution is 6.28. The van der Waals surface area contributed by atoms with Crippen LogP contribution in [0.25, 0.3) is 32.3 Å². The molecule has 7 aromatic carbocycles. The summed E-state index contributed by atoms with van der Waals surface area (Å²) in [6.45, 7) is 0. The maximum atomic E-state index is 2.42. The summed E-state index contributed by atoms with van der Waals surface area (Å²) in [5, 5.41) is 7.65. The largest absolute Gasteiger partial charge is 0.310 e. The van der Waals surface area contributed by atoms with E-state index < -0.39 is 0 Å². The second-order valence-electron chi connectivity index (χ2n) is 10.9. The molecule has 0 atom stereocenters. The van der Waals surface area contributed by atoms with Gasteiger partial charge < -0.3 is 9.80 Å². The minimum absolute atomic E-state index is 1.05. The number of hydrogen-bond acceptors (Lipinski definition) is 2. The van der Waals surface area contributed by atoms with Crippen LogP contribution in [0.1, 0.15) is 12.8 Å². The molecule has 0 spiro atoms. The van der Waals surface area contributed by atoms with Gasteiger partial charge >= 0.3 is 0 Å². The van der Waals surface area contributed by atoms with Crippen LogP contribution < -0.4 is 9.80 Å². The first-order chi connectivity index (χ1) is 20.9. The number of nitrogens with zero attached hydrogens (tertiary/aromatic N) is 2. The van der Waals surface area contributed by atoms with Crippen LogP contribution in [-0.4, -0.2) is 0 Å². The van der Waals surface area contributed by atoms with E-state index in [4.69, 9.17) is 0 Å². The molecule has 0 N–H and O–H groups in total. The SMILES string of the molecule is C1=CC(N(c2ccccc2)c2ccc3ccc4c(N(c5ccccc5)c5ccccc5)ccc5ccc2c3c54)=CCC1. The molecule has 2 nitrogen and oxygen atoms in total. The minimum atomic E-state index is 1.05. The maximum Gasteiger partial charge on any atom is 0.0540 e. The van der Waals surface area contributed by atoms with Crippen molar-refractivity contribution in [1.29, 1.82) is 0 Å². The summed E-state index contributed by atoms with van der Waals surface area (Å²) in [6, 6.07) is 50.4. The monoisotopic (exact) mass is 538 g/mol. The van der Waals surface area contributed by atoms with Crippen LogP contribution in [-0.2, 0) is 0 Å². The van der Waals surface area contributed by atoms with Gasteiger partial charge in [-0.05, 0) is 89.0 Å². The summed E-state index contributed by atoms with van der Waals surface area (Å²) in [5.41, 5.74) is 7.07. The van der Waals surface area contributed by atoms with Crippen LogP contribution in [0.4, 0.5) is 28.4 Å². The number of rotatable bonds is 6. The molecule has 1 aliphatic carbocycles. The van der Waals surface area contributed by atoms with E-state index >= 15 is 0 Å². The fraction of sp³-hybridized carbons (Fsp3) is 0.0500. The quantitative estimate of drug-likeness (QED) is 0.194. The molecule has 0 aliphatic heterocycles. The lowest BCUT2D eigenvalue weighted by Gasteiger charge is -2.30. The number of allylic oxidation sites excluding steroid dienone is 3. The molecular weight excluding hydrogens is 508 g/mol. The van der Waals surface area contributed by atoms with Crippen molar-refractivity contribution in [2.45, 2.75) is 12.8 Å². The number of benzene rings is 7. The maximum absolute atomic E-state index is 2.42. The van der Waals surface area contributed by atoms with Crippen molar-refractivity contribution in [2.24, 2.45) is 0 Å². The fourth-order valence-corrected chi connectivity index (χ4v) is 6.51. The van der Waals surface area contributed by atoms with E-state index in [-0.39, 0.29) is 0 Å². The first-order valence-corrected chi connectivity index (χ1v) is 14.7. The molecule has 2 heteroatoms. The molecule has 0 heterocycles. The van der Waals surface area contributed by atoms with Gasteiger partial charge in [-0.3, -0.25) is 0 Å². The molecule has 1 aliphatic rings. The molecule has 200 valence electrons. The molecule has 8 rings (SSSR count). The normalized spacial score (nSPS) is 13.1. The van der Waals surface area contributed by atoms with Crippen LogP contribution in [0, 0.1) is 0 Å². The lowest BCUT2D eigenvalue weighted by atomic mass is 9.91. The minimum Gasteiger partial charge on any atom is -0.310 e. The van der Waals surface area contributed by atoms with E-state index in [0.29, 0.717) is 0 Å². The van der Waals surface area contributed by atoms with Gasteiger partial charge in [-0.1, -0.05) is 103 Å². The zero-order valence-corrected chi connectivity index (χ0v) is 23.3. The second kappa shape index (κ2) is 10.2. The van der Waals surface area contributed by atoms with Crippen molar-refractivity contribution in [3.05, 3.63) is 163 Å². The molecular formula is C40H30N2. The van der Waals surface area contributed by atoms with E-state index in [1.54, 1.807) is 0 Å². The topological polar surface area (TPSA) is 6.48 Å². The highest BCUT2D eigenvalue weighted by Gasteiger charge is 2.21. The van der Waals surface area contributed by atoms with Gasteiger partial charge in [-0.25, -0.2) is 0 Å². The van der Waals surface area contributed by atoms with Gasteiger partial charge in [0.2, 0.25) is 0 Å². The summed E-state index contributed by atoms with van der Waals surface area (Å²) in [7, 11) is 0. The first kappa shape index (κ1) is 24.5. The Morgan fingerprint density at radius 2 is 0.857 bits per heavy atom. The van der Waals surface area contributed by atoms with Crippen molar-refractivity contribution < 1.29 is 0 Å². The van der Waals surface area contributed by atoms with Gasteiger partial charge in [0.25, 0.3) is 0 Å². The second-order valence-corrected chi connectivity index (χ2v) is 10.9. The zero-order valence-electron chi connectivity index (χ0n) is 23.3. The Morgan fingerprint density at radius 3 is 1.33 bits per heavy atom. The van der Waals surface area contributed by atoms with Crippen molar-refractivity contribution in [1.82, 2.24) is 0 Å². The van der Waals surface area contributed by atoms with Gasteiger partial charge in [-0.15, -0.1) is 0 Å². The Balaban J connectivity index is 1.41. The third kappa shape index (κ3) is 4.03. The lowest BCUT2D eigenvalue weighted by Crippen LogP contribution is -2.16. The molecule has 0 unspecified atom stereocenters. The predicted octanol–water partition coefficient (Wildman–Crippen LogP) is 11.4. The highest BCUT2D eigenvalue weighted by Crippen LogP contribution is 2.46. The molecule has 0 radical (unpaired) electrons. The molecule has 0 saturated heterocycles. The number of anilines is 5. The molecule has 0 bridgehead atoms. The Kier molecular flexibility index (Phi) is 5.97. The number of hydrogen-bond donors (Lipinski definition) is 0. The van der Waals surface area contributed by atoms with Gasteiger partial charge in [0.05, 0.1) is 11.4 Å². The number of para-hydroxylation sites is 3. The molecule has 0 aromatic heterocycles. The van der Waals surface area contributed by atoms with Crippen LogP contribution in [0.15, 0.2) is 163 Å². The van der Waals surface area contributed by atoms with E-state index in [2.05, 4.69) is 168 Å². The Bertz CT molecular complexity index is 2040. The van der Waals surface area contributed by atoms with Gasteiger partial charge in [0, 0.05) is 33.5 Å². The third-order valence-electron chi connectivity index (χ3n) is 8.38. The summed E-state index contributed by atoms with van der Waals surface area (Å²) >= 11 is 0.